The second kappa shape index (κ2) is 7.44. The Labute approximate surface area is 131 Å². The van der Waals surface area contributed by atoms with Crippen molar-refractivity contribution in [1.82, 2.24) is 0 Å². The fourth-order valence-electron chi connectivity index (χ4n) is 2.94. The van der Waals surface area contributed by atoms with Gasteiger partial charge in [-0.25, -0.2) is 0 Å². The summed E-state index contributed by atoms with van der Waals surface area (Å²) in [4.78, 5) is 10.9. The van der Waals surface area contributed by atoms with Crippen molar-refractivity contribution in [2.75, 3.05) is 6.66 Å². The molecule has 0 aromatic heterocycles. The third-order valence-electron chi connectivity index (χ3n) is 4.47. The van der Waals surface area contributed by atoms with E-state index in [-0.39, 0.29) is 16.2 Å². The Bertz CT molecular complexity index is 381. The van der Waals surface area contributed by atoms with E-state index >= 15 is 0 Å². The van der Waals surface area contributed by atoms with Gasteiger partial charge in [-0.1, -0.05) is 54.9 Å². The molecule has 0 aliphatic carbocycles. The van der Waals surface area contributed by atoms with Crippen LogP contribution < -0.4 is 0 Å². The molecule has 2 N–H and O–H groups in total. The second-order valence-corrected chi connectivity index (χ2v) is 10.6. The molecule has 0 fully saturated rings. The van der Waals surface area contributed by atoms with Crippen molar-refractivity contribution in [3.05, 3.63) is 0 Å². The number of hydrogen-bond acceptors (Lipinski definition) is 3. The topological polar surface area (TPSA) is 57.5 Å². The minimum atomic E-state index is -1.06. The molecule has 0 saturated carbocycles. The summed E-state index contributed by atoms with van der Waals surface area (Å²) < 4.78 is 0. The average Bonchev–Trinajstić information content (AvgIpc) is 2.25. The quantitative estimate of drug-likeness (QED) is 0.532. The van der Waals surface area contributed by atoms with Gasteiger partial charge in [-0.2, -0.15) is 0 Å². The molecule has 0 bridgehead atoms. The van der Waals surface area contributed by atoms with E-state index in [1.54, 1.807) is 6.92 Å². The Kier molecular flexibility index (Phi) is 7.40. The maximum Gasteiger partial charge on any atom is 0.137 e. The first-order valence-electron chi connectivity index (χ1n) is 7.74. The third-order valence-corrected chi connectivity index (χ3v) is 6.08. The molecule has 4 heteroatoms. The first kappa shape index (κ1) is 20.9. The molecule has 3 unspecified atom stereocenters. The zero-order chi connectivity index (χ0) is 17.1. The molecule has 0 aromatic rings. The number of aliphatic hydroxyl groups is 2. The van der Waals surface area contributed by atoms with Crippen molar-refractivity contribution in [2.45, 2.75) is 73.5 Å². The summed E-state index contributed by atoms with van der Waals surface area (Å²) in [5, 5.41) is 20.5. The molecule has 0 saturated heterocycles. The Morgan fingerprint density at radius 2 is 1.52 bits per heavy atom. The van der Waals surface area contributed by atoms with Crippen LogP contribution in [0.4, 0.5) is 0 Å². The predicted octanol–water partition coefficient (Wildman–Crippen LogP) is 3.42. The molecule has 0 aliphatic heterocycles. The van der Waals surface area contributed by atoms with Crippen molar-refractivity contribution in [3.8, 4) is 0 Å². The minimum Gasteiger partial charge on any atom is -0.393 e. The smallest absolute Gasteiger partial charge is 0.137 e. The Balaban J connectivity index is 5.01. The van der Waals surface area contributed by atoms with Crippen LogP contribution in [0, 0.1) is 16.2 Å². The van der Waals surface area contributed by atoms with Gasteiger partial charge in [-0.05, 0) is 42.7 Å². The Morgan fingerprint density at radius 3 is 1.90 bits per heavy atom. The molecule has 0 rings (SSSR count). The van der Waals surface area contributed by atoms with E-state index in [2.05, 4.69) is 33.5 Å². The summed E-state index contributed by atoms with van der Waals surface area (Å²) in [7, 11) is -1.06. The zero-order valence-electron chi connectivity index (χ0n) is 15.0. The van der Waals surface area contributed by atoms with Crippen LogP contribution >= 0.6 is 7.55 Å². The molecule has 0 spiro atoms. The first-order chi connectivity index (χ1) is 9.23. The Hall–Kier alpha value is -0.110. The van der Waals surface area contributed by atoms with Gasteiger partial charge in [0.1, 0.15) is 6.03 Å². The van der Waals surface area contributed by atoms with E-state index in [1.165, 1.54) is 0 Å². The lowest BCUT2D eigenvalue weighted by molar-refractivity contribution is -0.0350. The highest BCUT2D eigenvalue weighted by Gasteiger charge is 2.38. The van der Waals surface area contributed by atoms with Crippen molar-refractivity contribution in [3.63, 3.8) is 0 Å². The van der Waals surface area contributed by atoms with Crippen LogP contribution in [0.25, 0.3) is 0 Å². The second-order valence-electron chi connectivity index (χ2n) is 8.54. The van der Waals surface area contributed by atoms with E-state index in [1.807, 2.05) is 20.5 Å². The van der Waals surface area contributed by atoms with Crippen LogP contribution in [0.15, 0.2) is 0 Å². The van der Waals surface area contributed by atoms with Crippen molar-refractivity contribution in [1.29, 1.82) is 0 Å². The van der Waals surface area contributed by atoms with Crippen LogP contribution in [0.5, 0.6) is 0 Å². The molecule has 3 atom stereocenters. The van der Waals surface area contributed by atoms with Gasteiger partial charge >= 0.3 is 0 Å². The number of carbonyl (C=O) groups excluding carboxylic acids is 1. The number of rotatable bonds is 8. The lowest BCUT2D eigenvalue weighted by Crippen LogP contribution is -2.40. The predicted molar refractivity (Wildman–Crippen MR) is 95.3 cm³/mol. The van der Waals surface area contributed by atoms with Gasteiger partial charge in [0.15, 0.2) is 0 Å². The van der Waals surface area contributed by atoms with Gasteiger partial charge in [0.05, 0.1) is 12.2 Å². The van der Waals surface area contributed by atoms with Gasteiger partial charge in [0, 0.05) is 0 Å². The molecule has 0 amide bonds. The molecular formula is C17H35O3P. The molecule has 126 valence electrons. The van der Waals surface area contributed by atoms with Crippen molar-refractivity contribution >= 4 is 19.4 Å². The summed E-state index contributed by atoms with van der Waals surface area (Å²) >= 11 is 0. The van der Waals surface area contributed by atoms with E-state index in [0.29, 0.717) is 6.42 Å². The average molecular weight is 318 g/mol. The lowest BCUT2D eigenvalue weighted by Gasteiger charge is -2.41. The van der Waals surface area contributed by atoms with E-state index in [0.717, 1.165) is 12.4 Å². The first-order valence-corrected chi connectivity index (χ1v) is 9.90. The number of hydrogen-bond donors (Lipinski definition) is 2. The molecule has 3 nitrogen and oxygen atoms in total. The third kappa shape index (κ3) is 7.13. The van der Waals surface area contributed by atoms with E-state index in [9.17, 15) is 15.0 Å². The SMILES string of the molecule is CC(O)C(C)(C)CC(O)C(C)(C)CC(C)(C)/C=[PH](\C)C=O. The summed E-state index contributed by atoms with van der Waals surface area (Å²) in [6.07, 6.45) is 0.430. The van der Waals surface area contributed by atoms with E-state index in [4.69, 9.17) is 0 Å². The fourth-order valence-corrected chi connectivity index (χ4v) is 4.34. The summed E-state index contributed by atoms with van der Waals surface area (Å²) in [6, 6.07) is 1.05. The molecule has 21 heavy (non-hydrogen) atoms. The number of aliphatic hydroxyl groups excluding tert-OH is 2. The van der Waals surface area contributed by atoms with Crippen LogP contribution in [0.2, 0.25) is 0 Å². The van der Waals surface area contributed by atoms with Crippen molar-refractivity contribution < 1.29 is 15.0 Å². The van der Waals surface area contributed by atoms with Gasteiger partial charge in [-0.3, -0.25) is 4.79 Å². The minimum absolute atomic E-state index is 0.0800. The van der Waals surface area contributed by atoms with Crippen LogP contribution in [0.1, 0.15) is 61.3 Å². The number of carbonyl (C=O) groups is 1. The van der Waals surface area contributed by atoms with Gasteiger partial charge in [0.2, 0.25) is 0 Å². The van der Waals surface area contributed by atoms with Gasteiger partial charge in [-0.15, -0.1) is 0 Å². The molecule has 0 heterocycles. The van der Waals surface area contributed by atoms with Gasteiger partial charge in [0.25, 0.3) is 0 Å². The standard InChI is InChI=1S/C17H35O3P/c1-13(19)16(4,5)9-14(20)17(6,7)10-15(2,3)11-21(8)12-18/h11-14,19-21H,9-10H2,1-8H3. The highest BCUT2D eigenvalue weighted by atomic mass is 31.1. The van der Waals surface area contributed by atoms with Gasteiger partial charge < -0.3 is 10.2 Å². The highest BCUT2D eigenvalue weighted by Crippen LogP contribution is 2.41. The highest BCUT2D eigenvalue weighted by molar-refractivity contribution is 7.70. The Morgan fingerprint density at radius 1 is 1.05 bits per heavy atom. The van der Waals surface area contributed by atoms with Crippen molar-refractivity contribution in [2.24, 2.45) is 16.2 Å². The molecular weight excluding hydrogens is 283 g/mol. The van der Waals surface area contributed by atoms with Crippen LogP contribution in [0.3, 0.4) is 0 Å². The summed E-state index contributed by atoms with van der Waals surface area (Å²) in [6.45, 7) is 16.1. The largest absolute Gasteiger partial charge is 0.393 e. The normalized spacial score (nSPS) is 18.4. The van der Waals surface area contributed by atoms with Crippen LogP contribution in [-0.4, -0.2) is 40.9 Å². The summed E-state index contributed by atoms with van der Waals surface area (Å²) in [5.41, 5.74) is -0.659. The lowest BCUT2D eigenvalue weighted by atomic mass is 9.68. The zero-order valence-corrected chi connectivity index (χ0v) is 16.0. The van der Waals surface area contributed by atoms with E-state index < -0.39 is 19.8 Å². The molecule has 0 radical (unpaired) electrons. The maximum absolute atomic E-state index is 10.9. The summed E-state index contributed by atoms with van der Waals surface area (Å²) in [5.74, 6) is 2.15. The van der Waals surface area contributed by atoms with Crippen LogP contribution in [-0.2, 0) is 4.79 Å². The fraction of sp³-hybridized carbons (Fsp3) is 0.882. The maximum atomic E-state index is 10.9. The molecule has 0 aliphatic rings. The molecule has 0 aromatic carbocycles. The monoisotopic (exact) mass is 318 g/mol.